The number of rotatable bonds is 4. The fourth-order valence-corrected chi connectivity index (χ4v) is 3.13. The standard InChI is InChI=1S/C15H17BrFNO3/c16-13-7-12(17)5-4-11(13)8-18-14(19)9-2-1-3-10(6-9)15(20)21/h4-5,7,9-10H,1-3,6,8H2,(H,18,19)(H,20,21). The second-order valence-electron chi connectivity index (χ2n) is 5.35. The Morgan fingerprint density at radius 2 is 2.05 bits per heavy atom. The van der Waals surface area contributed by atoms with Gasteiger partial charge < -0.3 is 10.4 Å². The molecule has 1 aliphatic carbocycles. The van der Waals surface area contributed by atoms with E-state index < -0.39 is 11.9 Å². The summed E-state index contributed by atoms with van der Waals surface area (Å²) in [7, 11) is 0. The van der Waals surface area contributed by atoms with Crippen LogP contribution in [0.2, 0.25) is 0 Å². The van der Waals surface area contributed by atoms with Crippen molar-refractivity contribution in [2.75, 3.05) is 0 Å². The second kappa shape index (κ2) is 7.02. The van der Waals surface area contributed by atoms with Crippen LogP contribution in [0.4, 0.5) is 4.39 Å². The Morgan fingerprint density at radius 1 is 1.33 bits per heavy atom. The van der Waals surface area contributed by atoms with Crippen molar-refractivity contribution < 1.29 is 19.1 Å². The Balaban J connectivity index is 1.90. The lowest BCUT2D eigenvalue weighted by atomic mass is 9.81. The van der Waals surface area contributed by atoms with Crippen LogP contribution in [-0.4, -0.2) is 17.0 Å². The summed E-state index contributed by atoms with van der Waals surface area (Å²) in [5.74, 6) is -1.97. The molecule has 0 saturated heterocycles. The van der Waals surface area contributed by atoms with Crippen molar-refractivity contribution in [1.29, 1.82) is 0 Å². The van der Waals surface area contributed by atoms with Gasteiger partial charge in [0.05, 0.1) is 5.92 Å². The molecule has 2 unspecified atom stereocenters. The molecular weight excluding hydrogens is 341 g/mol. The first-order valence-electron chi connectivity index (χ1n) is 6.92. The van der Waals surface area contributed by atoms with Gasteiger partial charge in [0.15, 0.2) is 0 Å². The molecule has 2 atom stereocenters. The van der Waals surface area contributed by atoms with E-state index in [2.05, 4.69) is 21.2 Å². The van der Waals surface area contributed by atoms with Gasteiger partial charge in [0, 0.05) is 16.9 Å². The Morgan fingerprint density at radius 3 is 2.71 bits per heavy atom. The highest BCUT2D eigenvalue weighted by molar-refractivity contribution is 9.10. The molecule has 114 valence electrons. The van der Waals surface area contributed by atoms with Gasteiger partial charge in [-0.1, -0.05) is 28.4 Å². The van der Waals surface area contributed by atoms with Crippen LogP contribution in [0.25, 0.3) is 0 Å². The molecule has 1 aliphatic rings. The van der Waals surface area contributed by atoms with E-state index in [9.17, 15) is 14.0 Å². The van der Waals surface area contributed by atoms with Crippen LogP contribution in [-0.2, 0) is 16.1 Å². The van der Waals surface area contributed by atoms with Crippen molar-refractivity contribution in [1.82, 2.24) is 5.32 Å². The smallest absolute Gasteiger partial charge is 0.306 e. The van der Waals surface area contributed by atoms with Crippen LogP contribution < -0.4 is 5.32 Å². The zero-order chi connectivity index (χ0) is 15.4. The zero-order valence-corrected chi connectivity index (χ0v) is 13.0. The van der Waals surface area contributed by atoms with E-state index in [0.29, 0.717) is 23.9 Å². The van der Waals surface area contributed by atoms with E-state index in [-0.39, 0.29) is 17.6 Å². The number of halogens is 2. The number of carbonyl (C=O) groups is 2. The van der Waals surface area contributed by atoms with Gasteiger partial charge in [-0.3, -0.25) is 9.59 Å². The maximum atomic E-state index is 13.0. The molecule has 0 aromatic heterocycles. The van der Waals surface area contributed by atoms with Crippen LogP contribution >= 0.6 is 15.9 Å². The summed E-state index contributed by atoms with van der Waals surface area (Å²) in [5, 5.41) is 11.8. The first kappa shape index (κ1) is 15.9. The number of hydrogen-bond acceptors (Lipinski definition) is 2. The number of nitrogens with one attached hydrogen (secondary N) is 1. The minimum Gasteiger partial charge on any atom is -0.481 e. The maximum absolute atomic E-state index is 13.0. The van der Waals surface area contributed by atoms with E-state index in [1.165, 1.54) is 12.1 Å². The van der Waals surface area contributed by atoms with Gasteiger partial charge in [-0.25, -0.2) is 4.39 Å². The Kier molecular flexibility index (Phi) is 5.33. The third kappa shape index (κ3) is 4.27. The molecule has 0 heterocycles. The first-order valence-corrected chi connectivity index (χ1v) is 7.71. The van der Waals surface area contributed by atoms with Gasteiger partial charge >= 0.3 is 5.97 Å². The third-order valence-corrected chi connectivity index (χ3v) is 4.60. The molecule has 4 nitrogen and oxygen atoms in total. The van der Waals surface area contributed by atoms with Crippen molar-refractivity contribution in [2.24, 2.45) is 11.8 Å². The Labute approximate surface area is 130 Å². The fraction of sp³-hybridized carbons (Fsp3) is 0.467. The number of benzene rings is 1. The molecular formula is C15H17BrFNO3. The SMILES string of the molecule is O=C(O)C1CCCC(C(=O)NCc2ccc(F)cc2Br)C1. The topological polar surface area (TPSA) is 66.4 Å². The van der Waals surface area contributed by atoms with Crippen molar-refractivity contribution in [3.05, 3.63) is 34.1 Å². The zero-order valence-electron chi connectivity index (χ0n) is 11.4. The predicted molar refractivity (Wildman–Crippen MR) is 79.0 cm³/mol. The van der Waals surface area contributed by atoms with E-state index in [1.54, 1.807) is 6.07 Å². The lowest BCUT2D eigenvalue weighted by Crippen LogP contribution is -2.35. The number of carbonyl (C=O) groups excluding carboxylic acids is 1. The molecule has 0 radical (unpaired) electrons. The molecule has 2 N–H and O–H groups in total. The molecule has 1 fully saturated rings. The highest BCUT2D eigenvalue weighted by Gasteiger charge is 2.30. The minimum atomic E-state index is -0.825. The Bertz CT molecular complexity index is 550. The number of carboxylic acid groups (broad SMARTS) is 1. The molecule has 1 aromatic rings. The monoisotopic (exact) mass is 357 g/mol. The molecule has 0 aliphatic heterocycles. The van der Waals surface area contributed by atoms with Crippen LogP contribution in [0.3, 0.4) is 0 Å². The van der Waals surface area contributed by atoms with E-state index in [0.717, 1.165) is 18.4 Å². The number of hydrogen-bond donors (Lipinski definition) is 2. The summed E-state index contributed by atoms with van der Waals surface area (Å²) >= 11 is 3.25. The average Bonchev–Trinajstić information content (AvgIpc) is 2.46. The van der Waals surface area contributed by atoms with Crippen molar-refractivity contribution in [3.8, 4) is 0 Å². The van der Waals surface area contributed by atoms with Crippen LogP contribution in [0.15, 0.2) is 22.7 Å². The highest BCUT2D eigenvalue weighted by Crippen LogP contribution is 2.29. The number of carboxylic acids is 1. The molecule has 2 rings (SSSR count). The number of amides is 1. The van der Waals surface area contributed by atoms with Gasteiger partial charge in [0.2, 0.25) is 5.91 Å². The summed E-state index contributed by atoms with van der Waals surface area (Å²) in [6.07, 6.45) is 2.52. The molecule has 1 aromatic carbocycles. The Hall–Kier alpha value is -1.43. The van der Waals surface area contributed by atoms with Gasteiger partial charge in [-0.2, -0.15) is 0 Å². The summed E-state index contributed by atoms with van der Waals surface area (Å²) in [6.45, 7) is 0.300. The molecule has 21 heavy (non-hydrogen) atoms. The van der Waals surface area contributed by atoms with Crippen molar-refractivity contribution >= 4 is 27.8 Å². The summed E-state index contributed by atoms with van der Waals surface area (Å²) in [6, 6.07) is 4.30. The quantitative estimate of drug-likeness (QED) is 0.869. The van der Waals surface area contributed by atoms with E-state index in [4.69, 9.17) is 5.11 Å². The van der Waals surface area contributed by atoms with Gasteiger partial charge in [-0.05, 0) is 37.0 Å². The molecule has 0 bridgehead atoms. The van der Waals surface area contributed by atoms with Crippen LogP contribution in [0.5, 0.6) is 0 Å². The number of aliphatic carboxylic acids is 1. The summed E-state index contributed by atoms with van der Waals surface area (Å²) in [5.41, 5.74) is 0.787. The van der Waals surface area contributed by atoms with Crippen LogP contribution in [0, 0.1) is 17.7 Å². The van der Waals surface area contributed by atoms with Gasteiger partial charge in [0.1, 0.15) is 5.82 Å². The minimum absolute atomic E-state index is 0.128. The average molecular weight is 358 g/mol. The van der Waals surface area contributed by atoms with Gasteiger partial charge in [0.25, 0.3) is 0 Å². The van der Waals surface area contributed by atoms with Gasteiger partial charge in [-0.15, -0.1) is 0 Å². The predicted octanol–water partition coefficient (Wildman–Crippen LogP) is 3.10. The van der Waals surface area contributed by atoms with E-state index in [1.807, 2.05) is 0 Å². The summed E-state index contributed by atoms with van der Waals surface area (Å²) in [4.78, 5) is 23.1. The lowest BCUT2D eigenvalue weighted by Gasteiger charge is -2.25. The molecule has 1 saturated carbocycles. The summed E-state index contributed by atoms with van der Waals surface area (Å²) < 4.78 is 13.6. The lowest BCUT2D eigenvalue weighted by molar-refractivity contribution is -0.144. The largest absolute Gasteiger partial charge is 0.481 e. The second-order valence-corrected chi connectivity index (χ2v) is 6.21. The third-order valence-electron chi connectivity index (χ3n) is 3.86. The van der Waals surface area contributed by atoms with Crippen molar-refractivity contribution in [3.63, 3.8) is 0 Å². The molecule has 0 spiro atoms. The first-order chi connectivity index (χ1) is 9.97. The normalized spacial score (nSPS) is 21.8. The van der Waals surface area contributed by atoms with Crippen molar-refractivity contribution in [2.45, 2.75) is 32.2 Å². The molecule has 1 amide bonds. The van der Waals surface area contributed by atoms with Crippen LogP contribution in [0.1, 0.15) is 31.2 Å². The fourth-order valence-electron chi connectivity index (χ4n) is 2.64. The maximum Gasteiger partial charge on any atom is 0.306 e. The van der Waals surface area contributed by atoms with E-state index >= 15 is 0 Å². The highest BCUT2D eigenvalue weighted by atomic mass is 79.9. The molecule has 6 heteroatoms.